The van der Waals surface area contributed by atoms with Gasteiger partial charge >= 0.3 is 0 Å². The summed E-state index contributed by atoms with van der Waals surface area (Å²) in [4.78, 5) is 14.2. The fourth-order valence-electron chi connectivity index (χ4n) is 2.58. The van der Waals surface area contributed by atoms with Crippen molar-refractivity contribution < 1.29 is 9.53 Å². The molecule has 1 unspecified atom stereocenters. The highest BCUT2D eigenvalue weighted by atomic mass is 16.5. The van der Waals surface area contributed by atoms with E-state index in [1.54, 1.807) is 7.11 Å². The summed E-state index contributed by atoms with van der Waals surface area (Å²) in [6.07, 6.45) is 0.949. The lowest BCUT2D eigenvalue weighted by atomic mass is 9.93. The summed E-state index contributed by atoms with van der Waals surface area (Å²) in [7, 11) is 1.66. The summed E-state index contributed by atoms with van der Waals surface area (Å²) < 4.78 is 4.95. The van der Waals surface area contributed by atoms with Gasteiger partial charge in [0.25, 0.3) is 0 Å². The molecule has 4 heteroatoms. The van der Waals surface area contributed by atoms with Crippen LogP contribution < -0.4 is 5.32 Å². The molecule has 0 radical (unpaired) electrons. The zero-order valence-corrected chi connectivity index (χ0v) is 11.7. The van der Waals surface area contributed by atoms with Gasteiger partial charge in [0, 0.05) is 20.2 Å². The van der Waals surface area contributed by atoms with Crippen LogP contribution in [0.5, 0.6) is 0 Å². The van der Waals surface area contributed by atoms with Crippen LogP contribution in [-0.2, 0) is 16.0 Å². The van der Waals surface area contributed by atoms with Gasteiger partial charge in [-0.1, -0.05) is 24.3 Å². The lowest BCUT2D eigenvalue weighted by Gasteiger charge is -2.35. The lowest BCUT2D eigenvalue weighted by molar-refractivity contribution is -0.132. The van der Waals surface area contributed by atoms with Gasteiger partial charge in [0.1, 0.15) is 0 Å². The van der Waals surface area contributed by atoms with Crippen molar-refractivity contribution in [2.24, 2.45) is 0 Å². The second-order valence-corrected chi connectivity index (χ2v) is 4.88. The van der Waals surface area contributed by atoms with Crippen LogP contribution in [0.25, 0.3) is 0 Å². The van der Waals surface area contributed by atoms with Gasteiger partial charge in [-0.3, -0.25) is 4.79 Å². The van der Waals surface area contributed by atoms with E-state index in [1.165, 1.54) is 11.1 Å². The van der Waals surface area contributed by atoms with Gasteiger partial charge in [0.2, 0.25) is 5.91 Å². The number of carbonyl (C=O) groups is 1. The van der Waals surface area contributed by atoms with Crippen molar-refractivity contribution in [1.82, 2.24) is 10.2 Å². The number of amides is 1. The standard InChI is InChI=1S/C15H22N2O2/c1-12-14-6-4-3-5-13(14)7-9-17(12)15(18)11-16-8-10-19-2/h3-6,12,16H,7-11H2,1-2H3. The third-order valence-corrected chi connectivity index (χ3v) is 3.67. The first kappa shape index (κ1) is 14.0. The molecule has 0 saturated heterocycles. The third kappa shape index (κ3) is 3.33. The SMILES string of the molecule is COCCNCC(=O)N1CCc2ccccc2C1C. The average Bonchev–Trinajstić information content (AvgIpc) is 2.44. The highest BCUT2D eigenvalue weighted by Crippen LogP contribution is 2.28. The maximum atomic E-state index is 12.2. The van der Waals surface area contributed by atoms with Crippen LogP contribution in [0.1, 0.15) is 24.1 Å². The molecule has 19 heavy (non-hydrogen) atoms. The smallest absolute Gasteiger partial charge is 0.237 e. The van der Waals surface area contributed by atoms with Gasteiger partial charge in [-0.05, 0) is 24.5 Å². The number of benzene rings is 1. The number of hydrogen-bond donors (Lipinski definition) is 1. The van der Waals surface area contributed by atoms with Crippen LogP contribution in [-0.4, -0.2) is 44.2 Å². The van der Waals surface area contributed by atoms with Crippen LogP contribution in [0.2, 0.25) is 0 Å². The predicted octanol–water partition coefficient (Wildman–Crippen LogP) is 1.37. The Morgan fingerprint density at radius 1 is 1.47 bits per heavy atom. The van der Waals surface area contributed by atoms with Crippen molar-refractivity contribution in [1.29, 1.82) is 0 Å². The van der Waals surface area contributed by atoms with Gasteiger partial charge in [0.05, 0.1) is 19.2 Å². The zero-order chi connectivity index (χ0) is 13.7. The minimum Gasteiger partial charge on any atom is -0.383 e. The summed E-state index contributed by atoms with van der Waals surface area (Å²) in [5.74, 6) is 0.165. The monoisotopic (exact) mass is 262 g/mol. The second-order valence-electron chi connectivity index (χ2n) is 4.88. The van der Waals surface area contributed by atoms with Gasteiger partial charge < -0.3 is 15.0 Å². The number of nitrogens with zero attached hydrogens (tertiary/aromatic N) is 1. The first-order valence-electron chi connectivity index (χ1n) is 6.81. The molecule has 0 saturated carbocycles. The van der Waals surface area contributed by atoms with E-state index in [9.17, 15) is 4.79 Å². The fraction of sp³-hybridized carbons (Fsp3) is 0.533. The Bertz CT molecular complexity index is 434. The highest BCUT2D eigenvalue weighted by molar-refractivity contribution is 5.79. The molecule has 0 fully saturated rings. The molecule has 0 spiro atoms. The minimum absolute atomic E-state index is 0.165. The second kappa shape index (κ2) is 6.68. The Labute approximate surface area is 114 Å². The molecule has 4 nitrogen and oxygen atoms in total. The molecule has 1 aliphatic heterocycles. The fourth-order valence-corrected chi connectivity index (χ4v) is 2.58. The Morgan fingerprint density at radius 3 is 3.05 bits per heavy atom. The Hall–Kier alpha value is -1.39. The largest absolute Gasteiger partial charge is 0.383 e. The quantitative estimate of drug-likeness (QED) is 0.815. The summed E-state index contributed by atoms with van der Waals surface area (Å²) in [6, 6.07) is 8.55. The average molecular weight is 262 g/mol. The number of fused-ring (bicyclic) bond motifs is 1. The van der Waals surface area contributed by atoms with E-state index in [1.807, 2.05) is 11.0 Å². The molecule has 0 bridgehead atoms. The molecule has 1 aliphatic rings. The molecule has 1 atom stereocenters. The zero-order valence-electron chi connectivity index (χ0n) is 11.7. The lowest BCUT2D eigenvalue weighted by Crippen LogP contribution is -2.43. The molecule has 0 aliphatic carbocycles. The molecule has 2 rings (SSSR count). The number of nitrogens with one attached hydrogen (secondary N) is 1. The maximum Gasteiger partial charge on any atom is 0.237 e. The molecule has 1 aromatic carbocycles. The van der Waals surface area contributed by atoms with E-state index in [0.29, 0.717) is 19.7 Å². The minimum atomic E-state index is 0.165. The molecule has 1 heterocycles. The van der Waals surface area contributed by atoms with Crippen LogP contribution >= 0.6 is 0 Å². The third-order valence-electron chi connectivity index (χ3n) is 3.67. The molecular formula is C15H22N2O2. The summed E-state index contributed by atoms with van der Waals surface area (Å²) >= 11 is 0. The van der Waals surface area contributed by atoms with E-state index in [-0.39, 0.29) is 11.9 Å². The summed E-state index contributed by atoms with van der Waals surface area (Å²) in [5.41, 5.74) is 2.64. The summed E-state index contributed by atoms with van der Waals surface area (Å²) in [5, 5.41) is 3.11. The normalized spacial score (nSPS) is 18.2. The van der Waals surface area contributed by atoms with Crippen LogP contribution in [0.3, 0.4) is 0 Å². The molecule has 0 aromatic heterocycles. The molecule has 1 N–H and O–H groups in total. The Morgan fingerprint density at radius 2 is 2.26 bits per heavy atom. The summed E-state index contributed by atoms with van der Waals surface area (Å²) in [6.45, 7) is 4.64. The van der Waals surface area contributed by atoms with Crippen molar-refractivity contribution in [3.63, 3.8) is 0 Å². The van der Waals surface area contributed by atoms with E-state index in [0.717, 1.165) is 13.0 Å². The Balaban J connectivity index is 1.94. The van der Waals surface area contributed by atoms with Gasteiger partial charge in [-0.2, -0.15) is 0 Å². The molecular weight excluding hydrogens is 240 g/mol. The van der Waals surface area contributed by atoms with E-state index >= 15 is 0 Å². The first-order valence-corrected chi connectivity index (χ1v) is 6.81. The maximum absolute atomic E-state index is 12.2. The first-order chi connectivity index (χ1) is 9.24. The van der Waals surface area contributed by atoms with Crippen LogP contribution in [0.4, 0.5) is 0 Å². The van der Waals surface area contributed by atoms with Crippen molar-refractivity contribution in [3.05, 3.63) is 35.4 Å². The van der Waals surface area contributed by atoms with E-state index in [4.69, 9.17) is 4.74 Å². The van der Waals surface area contributed by atoms with Crippen LogP contribution in [0, 0.1) is 0 Å². The van der Waals surface area contributed by atoms with Crippen molar-refractivity contribution in [3.8, 4) is 0 Å². The van der Waals surface area contributed by atoms with Gasteiger partial charge in [0.15, 0.2) is 0 Å². The number of carbonyl (C=O) groups excluding carboxylic acids is 1. The van der Waals surface area contributed by atoms with E-state index in [2.05, 4.69) is 30.4 Å². The van der Waals surface area contributed by atoms with Crippen LogP contribution in [0.15, 0.2) is 24.3 Å². The predicted molar refractivity (Wildman–Crippen MR) is 75.0 cm³/mol. The van der Waals surface area contributed by atoms with E-state index < -0.39 is 0 Å². The topological polar surface area (TPSA) is 41.6 Å². The number of methoxy groups -OCH3 is 1. The van der Waals surface area contributed by atoms with Crippen molar-refractivity contribution >= 4 is 5.91 Å². The Kier molecular flexibility index (Phi) is 4.93. The van der Waals surface area contributed by atoms with Crippen molar-refractivity contribution in [2.75, 3.05) is 33.4 Å². The van der Waals surface area contributed by atoms with Crippen molar-refractivity contribution in [2.45, 2.75) is 19.4 Å². The molecule has 1 amide bonds. The number of rotatable bonds is 5. The highest BCUT2D eigenvalue weighted by Gasteiger charge is 2.26. The molecule has 1 aromatic rings. The van der Waals surface area contributed by atoms with Gasteiger partial charge in [-0.15, -0.1) is 0 Å². The molecule has 104 valence electrons. The van der Waals surface area contributed by atoms with Gasteiger partial charge in [-0.25, -0.2) is 0 Å². The number of hydrogen-bond acceptors (Lipinski definition) is 3. The number of ether oxygens (including phenoxy) is 1.